The second kappa shape index (κ2) is 6.70. The van der Waals surface area contributed by atoms with E-state index in [1.165, 1.54) is 12.8 Å². The van der Waals surface area contributed by atoms with Gasteiger partial charge in [-0.25, -0.2) is 0 Å². The van der Waals surface area contributed by atoms with Crippen LogP contribution in [0.3, 0.4) is 0 Å². The van der Waals surface area contributed by atoms with Gasteiger partial charge >= 0.3 is 0 Å². The molecule has 1 aliphatic rings. The van der Waals surface area contributed by atoms with E-state index in [-0.39, 0.29) is 5.91 Å². The third-order valence-electron chi connectivity index (χ3n) is 3.35. The summed E-state index contributed by atoms with van der Waals surface area (Å²) in [6, 6.07) is 6.13. The number of amides is 1. The first kappa shape index (κ1) is 14.8. The molecule has 1 N–H and O–H groups in total. The van der Waals surface area contributed by atoms with Crippen LogP contribution in [0.2, 0.25) is 0 Å². The van der Waals surface area contributed by atoms with Gasteiger partial charge in [0.05, 0.1) is 5.56 Å². The van der Waals surface area contributed by atoms with Crippen LogP contribution in [0.5, 0.6) is 0 Å². The minimum Gasteiger partial charge on any atom is -0.349 e. The predicted molar refractivity (Wildman–Crippen MR) is 89.2 cm³/mol. The summed E-state index contributed by atoms with van der Waals surface area (Å²) in [7, 11) is 0. The normalized spacial score (nSPS) is 23.1. The number of rotatable bonds is 3. The zero-order chi connectivity index (χ0) is 13.1. The molecule has 1 aromatic carbocycles. The van der Waals surface area contributed by atoms with Gasteiger partial charge in [0, 0.05) is 19.4 Å². The lowest BCUT2D eigenvalue weighted by Gasteiger charge is -2.19. The Morgan fingerprint density at radius 2 is 2.22 bits per heavy atom. The van der Waals surface area contributed by atoms with Gasteiger partial charge in [0.25, 0.3) is 5.91 Å². The quantitative estimate of drug-likeness (QED) is 0.499. The van der Waals surface area contributed by atoms with Crippen LogP contribution in [0.15, 0.2) is 22.7 Å². The monoisotopic (exact) mass is 485 g/mol. The van der Waals surface area contributed by atoms with Gasteiger partial charge in [0.1, 0.15) is 0 Å². The van der Waals surface area contributed by atoms with E-state index in [1.807, 2.05) is 18.2 Å². The lowest BCUT2D eigenvalue weighted by Crippen LogP contribution is -2.38. The fraction of sp³-hybridized carbons (Fsp3) is 0.462. The molecule has 1 amide bonds. The number of hydrogen-bond donors (Lipinski definition) is 1. The van der Waals surface area contributed by atoms with Crippen molar-refractivity contribution in [3.63, 3.8) is 0 Å². The second-order valence-corrected chi connectivity index (χ2v) is 7.30. The molecule has 2 rings (SSSR count). The van der Waals surface area contributed by atoms with Crippen LogP contribution in [0, 0.1) is 9.49 Å². The van der Waals surface area contributed by atoms with Gasteiger partial charge < -0.3 is 5.32 Å². The minimum atomic E-state index is 0.0261. The molecule has 2 unspecified atom stereocenters. The van der Waals surface area contributed by atoms with Crippen LogP contribution >= 0.6 is 54.5 Å². The van der Waals surface area contributed by atoms with E-state index in [4.69, 9.17) is 0 Å². The summed E-state index contributed by atoms with van der Waals surface area (Å²) in [5.41, 5.74) is 0.724. The highest BCUT2D eigenvalue weighted by Crippen LogP contribution is 2.28. The van der Waals surface area contributed by atoms with Crippen LogP contribution in [0.4, 0.5) is 0 Å². The number of benzene rings is 1. The number of hydrogen-bond acceptors (Lipinski definition) is 1. The average Bonchev–Trinajstić information content (AvgIpc) is 2.79. The first-order valence-corrected chi connectivity index (χ1v) is 8.93. The molecule has 98 valence electrons. The van der Waals surface area contributed by atoms with Gasteiger partial charge in [0.15, 0.2) is 0 Å². The minimum absolute atomic E-state index is 0.0261. The predicted octanol–water partition coefficient (Wildman–Crippen LogP) is 4.35. The Balaban J connectivity index is 2.09. The molecule has 2 nitrogen and oxygen atoms in total. The SMILES string of the molecule is O=C(NC1CCCC1CBr)c1cc(I)ccc1Br. The van der Waals surface area contributed by atoms with E-state index in [1.54, 1.807) is 0 Å². The average molecular weight is 487 g/mol. The molecular weight excluding hydrogens is 473 g/mol. The Morgan fingerprint density at radius 3 is 2.94 bits per heavy atom. The molecule has 0 bridgehead atoms. The summed E-state index contributed by atoms with van der Waals surface area (Å²) >= 11 is 9.19. The van der Waals surface area contributed by atoms with Crippen LogP contribution in [-0.4, -0.2) is 17.3 Å². The molecule has 0 radical (unpaired) electrons. The van der Waals surface area contributed by atoms with E-state index in [2.05, 4.69) is 59.8 Å². The summed E-state index contributed by atoms with van der Waals surface area (Å²) in [4.78, 5) is 12.3. The molecule has 1 aliphatic carbocycles. The van der Waals surface area contributed by atoms with Crippen molar-refractivity contribution in [2.75, 3.05) is 5.33 Å². The van der Waals surface area contributed by atoms with Crippen molar-refractivity contribution in [1.82, 2.24) is 5.32 Å². The number of carbonyl (C=O) groups is 1. The van der Waals surface area contributed by atoms with Crippen molar-refractivity contribution in [2.24, 2.45) is 5.92 Å². The van der Waals surface area contributed by atoms with Crippen molar-refractivity contribution < 1.29 is 4.79 Å². The van der Waals surface area contributed by atoms with Crippen LogP contribution in [-0.2, 0) is 0 Å². The van der Waals surface area contributed by atoms with Gasteiger partial charge in [-0.2, -0.15) is 0 Å². The van der Waals surface area contributed by atoms with Gasteiger partial charge in [-0.3, -0.25) is 4.79 Å². The van der Waals surface area contributed by atoms with E-state index in [0.29, 0.717) is 12.0 Å². The van der Waals surface area contributed by atoms with Gasteiger partial charge in [-0.15, -0.1) is 0 Å². The summed E-state index contributed by atoms with van der Waals surface area (Å²) in [5.74, 6) is 0.591. The highest BCUT2D eigenvalue weighted by atomic mass is 127. The van der Waals surface area contributed by atoms with E-state index < -0.39 is 0 Å². The maximum absolute atomic E-state index is 12.3. The van der Waals surface area contributed by atoms with Crippen LogP contribution in [0.1, 0.15) is 29.6 Å². The van der Waals surface area contributed by atoms with Crippen molar-refractivity contribution in [2.45, 2.75) is 25.3 Å². The molecule has 5 heteroatoms. The molecule has 1 fully saturated rings. The zero-order valence-electron chi connectivity index (χ0n) is 9.76. The summed E-state index contributed by atoms with van der Waals surface area (Å²) in [6.45, 7) is 0. The fourth-order valence-electron chi connectivity index (χ4n) is 2.33. The molecule has 0 aliphatic heterocycles. The Kier molecular flexibility index (Phi) is 5.50. The van der Waals surface area contributed by atoms with E-state index >= 15 is 0 Å². The molecular formula is C13H14Br2INO. The van der Waals surface area contributed by atoms with E-state index in [0.717, 1.165) is 25.4 Å². The highest BCUT2D eigenvalue weighted by Gasteiger charge is 2.28. The lowest BCUT2D eigenvalue weighted by molar-refractivity contribution is 0.0929. The van der Waals surface area contributed by atoms with Crippen molar-refractivity contribution in [1.29, 1.82) is 0 Å². The third kappa shape index (κ3) is 3.48. The number of halogens is 3. The molecule has 0 heterocycles. The molecule has 0 aromatic heterocycles. The number of alkyl halides is 1. The lowest BCUT2D eigenvalue weighted by atomic mass is 10.1. The van der Waals surface area contributed by atoms with Crippen molar-refractivity contribution in [3.05, 3.63) is 31.8 Å². The molecule has 18 heavy (non-hydrogen) atoms. The maximum Gasteiger partial charge on any atom is 0.252 e. The summed E-state index contributed by atoms with van der Waals surface area (Å²) in [6.07, 6.45) is 3.49. The fourth-order valence-corrected chi connectivity index (χ4v) is 4.02. The van der Waals surface area contributed by atoms with Gasteiger partial charge in [-0.05, 0) is 75.5 Å². The first-order chi connectivity index (χ1) is 8.61. The maximum atomic E-state index is 12.3. The van der Waals surface area contributed by atoms with Crippen LogP contribution in [0.25, 0.3) is 0 Å². The highest BCUT2D eigenvalue weighted by molar-refractivity contribution is 14.1. The van der Waals surface area contributed by atoms with E-state index in [9.17, 15) is 4.79 Å². The van der Waals surface area contributed by atoms with Crippen molar-refractivity contribution in [3.8, 4) is 0 Å². The number of nitrogens with one attached hydrogen (secondary N) is 1. The smallest absolute Gasteiger partial charge is 0.252 e. The Bertz CT molecular complexity index is 453. The molecule has 2 atom stereocenters. The zero-order valence-corrected chi connectivity index (χ0v) is 15.1. The molecule has 1 saturated carbocycles. The Morgan fingerprint density at radius 1 is 1.44 bits per heavy atom. The Labute approximate surface area is 138 Å². The number of carbonyl (C=O) groups excluding carboxylic acids is 1. The largest absolute Gasteiger partial charge is 0.349 e. The molecule has 0 spiro atoms. The van der Waals surface area contributed by atoms with Gasteiger partial charge in [-0.1, -0.05) is 22.4 Å². The Hall–Kier alpha value is 0.380. The molecule has 1 aromatic rings. The summed E-state index contributed by atoms with van der Waals surface area (Å²) in [5, 5.41) is 4.13. The standard InChI is InChI=1S/C13H14Br2INO/c14-7-8-2-1-3-12(8)17-13(18)10-6-9(16)4-5-11(10)15/h4-6,8,12H,1-3,7H2,(H,17,18). The third-order valence-corrected chi connectivity index (χ3v) is 5.54. The summed E-state index contributed by atoms with van der Waals surface area (Å²) < 4.78 is 1.93. The second-order valence-electron chi connectivity index (χ2n) is 4.55. The first-order valence-electron chi connectivity index (χ1n) is 5.93. The van der Waals surface area contributed by atoms with Gasteiger partial charge in [0.2, 0.25) is 0 Å². The molecule has 0 saturated heterocycles. The van der Waals surface area contributed by atoms with Crippen molar-refractivity contribution >= 4 is 60.4 Å². The topological polar surface area (TPSA) is 29.1 Å². The van der Waals surface area contributed by atoms with Crippen LogP contribution < -0.4 is 5.32 Å².